The van der Waals surface area contributed by atoms with Crippen molar-refractivity contribution in [3.8, 4) is 5.75 Å². The van der Waals surface area contributed by atoms with Crippen molar-refractivity contribution in [2.75, 3.05) is 11.9 Å². The number of nitrogens with one attached hydrogen (secondary N) is 1. The molecule has 0 aliphatic rings. The van der Waals surface area contributed by atoms with Gasteiger partial charge in [-0.3, -0.25) is 19.6 Å². The number of amides is 1. The van der Waals surface area contributed by atoms with Crippen molar-refractivity contribution in [2.24, 2.45) is 0 Å². The number of hydrogen-bond donors (Lipinski definition) is 1. The molecule has 1 aromatic carbocycles. The first kappa shape index (κ1) is 17.2. The number of furan rings is 1. The van der Waals surface area contributed by atoms with Crippen molar-refractivity contribution in [2.45, 2.75) is 13.5 Å². The Kier molecular flexibility index (Phi) is 4.97. The molecule has 3 rings (SSSR count). The molecule has 2 aromatic heterocycles. The topological polar surface area (TPSA) is 112 Å². The number of carbonyl (C=O) groups excluding carboxylic acids is 1. The van der Waals surface area contributed by atoms with E-state index in [4.69, 9.17) is 9.15 Å². The summed E-state index contributed by atoms with van der Waals surface area (Å²) in [6.45, 7) is 2.54. The molecule has 0 atom stereocenters. The molecule has 0 aliphatic carbocycles. The molecule has 0 unspecified atom stereocenters. The minimum Gasteiger partial charge on any atom is -0.494 e. The Labute approximate surface area is 148 Å². The second-order valence-electron chi connectivity index (χ2n) is 5.29. The van der Waals surface area contributed by atoms with E-state index in [1.807, 2.05) is 0 Å². The third kappa shape index (κ3) is 3.89. The van der Waals surface area contributed by atoms with Gasteiger partial charge in [0.2, 0.25) is 0 Å². The molecule has 9 nitrogen and oxygen atoms in total. The van der Waals surface area contributed by atoms with Crippen LogP contribution in [0.2, 0.25) is 0 Å². The highest BCUT2D eigenvalue weighted by molar-refractivity contribution is 6.03. The van der Waals surface area contributed by atoms with Crippen LogP contribution in [0.25, 0.3) is 0 Å². The summed E-state index contributed by atoms with van der Waals surface area (Å²) in [5.41, 5.74) is -0.193. The number of aromatic nitrogens is 2. The fraction of sp³-hybridized carbons (Fsp3) is 0.176. The highest BCUT2D eigenvalue weighted by atomic mass is 16.6. The van der Waals surface area contributed by atoms with E-state index >= 15 is 0 Å². The van der Waals surface area contributed by atoms with Crippen molar-refractivity contribution < 1.29 is 18.9 Å². The van der Waals surface area contributed by atoms with E-state index < -0.39 is 10.8 Å². The molecule has 26 heavy (non-hydrogen) atoms. The molecular formula is C17H16N4O5. The molecule has 0 fully saturated rings. The lowest BCUT2D eigenvalue weighted by molar-refractivity contribution is -0.384. The van der Waals surface area contributed by atoms with Crippen LogP contribution in [0.15, 0.2) is 53.2 Å². The monoisotopic (exact) mass is 356 g/mol. The molecule has 0 saturated heterocycles. The Morgan fingerprint density at radius 1 is 1.38 bits per heavy atom. The Hall–Kier alpha value is -3.62. The Morgan fingerprint density at radius 2 is 2.23 bits per heavy atom. The fourth-order valence-electron chi connectivity index (χ4n) is 2.35. The van der Waals surface area contributed by atoms with Gasteiger partial charge in [0.05, 0.1) is 24.1 Å². The number of ether oxygens (including phenoxy) is 1. The summed E-state index contributed by atoms with van der Waals surface area (Å²) in [6, 6.07) is 9.19. The number of hydrogen-bond acceptors (Lipinski definition) is 6. The maximum atomic E-state index is 12.3. The zero-order valence-electron chi connectivity index (χ0n) is 13.9. The summed E-state index contributed by atoms with van der Waals surface area (Å²) < 4.78 is 12.4. The largest absolute Gasteiger partial charge is 0.494 e. The van der Waals surface area contributed by atoms with Gasteiger partial charge in [-0.05, 0) is 37.3 Å². The van der Waals surface area contributed by atoms with E-state index in [1.165, 1.54) is 18.2 Å². The van der Waals surface area contributed by atoms with Crippen molar-refractivity contribution >= 4 is 17.3 Å². The Bertz CT molecular complexity index is 917. The van der Waals surface area contributed by atoms with Crippen LogP contribution in [0.3, 0.4) is 0 Å². The van der Waals surface area contributed by atoms with Gasteiger partial charge in [0.25, 0.3) is 11.6 Å². The number of nitro benzene ring substituents is 1. The normalized spacial score (nSPS) is 10.5. The van der Waals surface area contributed by atoms with E-state index in [2.05, 4.69) is 10.4 Å². The van der Waals surface area contributed by atoms with E-state index in [0.29, 0.717) is 24.7 Å². The van der Waals surface area contributed by atoms with Gasteiger partial charge in [0.15, 0.2) is 5.76 Å². The first-order valence-electron chi connectivity index (χ1n) is 7.85. The molecule has 0 radical (unpaired) electrons. The molecule has 1 amide bonds. The quantitative estimate of drug-likeness (QED) is 0.514. The van der Waals surface area contributed by atoms with Gasteiger partial charge in [-0.1, -0.05) is 0 Å². The van der Waals surface area contributed by atoms with E-state index in [0.717, 1.165) is 0 Å². The zero-order chi connectivity index (χ0) is 18.5. The third-order valence-corrected chi connectivity index (χ3v) is 3.49. The van der Waals surface area contributed by atoms with Crippen LogP contribution in [0, 0.1) is 10.1 Å². The minimum atomic E-state index is -0.580. The van der Waals surface area contributed by atoms with Gasteiger partial charge in [0.1, 0.15) is 17.2 Å². The number of benzene rings is 1. The molecule has 3 aromatic rings. The summed E-state index contributed by atoms with van der Waals surface area (Å²) in [5, 5.41) is 17.8. The second kappa shape index (κ2) is 7.51. The molecule has 134 valence electrons. The number of nitro groups is 1. The highest BCUT2D eigenvalue weighted by Gasteiger charge is 2.19. The summed E-state index contributed by atoms with van der Waals surface area (Å²) in [4.78, 5) is 23.0. The van der Waals surface area contributed by atoms with Crippen LogP contribution in [0.4, 0.5) is 11.4 Å². The molecule has 0 aliphatic heterocycles. The summed E-state index contributed by atoms with van der Waals surface area (Å²) in [5.74, 6) is 0.371. The fourth-order valence-corrected chi connectivity index (χ4v) is 2.35. The second-order valence-corrected chi connectivity index (χ2v) is 5.29. The smallest absolute Gasteiger partial charge is 0.296 e. The Morgan fingerprint density at radius 3 is 2.92 bits per heavy atom. The third-order valence-electron chi connectivity index (χ3n) is 3.49. The number of carbonyl (C=O) groups is 1. The van der Waals surface area contributed by atoms with Crippen molar-refractivity contribution in [3.05, 3.63) is 70.4 Å². The average Bonchev–Trinajstić information content (AvgIpc) is 3.28. The summed E-state index contributed by atoms with van der Waals surface area (Å²) >= 11 is 0. The molecule has 2 heterocycles. The first-order chi connectivity index (χ1) is 12.6. The lowest BCUT2D eigenvalue weighted by atomic mass is 10.2. The van der Waals surface area contributed by atoms with Gasteiger partial charge >= 0.3 is 0 Å². The molecule has 0 saturated carbocycles. The maximum Gasteiger partial charge on any atom is 0.296 e. The van der Waals surface area contributed by atoms with Crippen molar-refractivity contribution in [3.63, 3.8) is 0 Å². The van der Waals surface area contributed by atoms with Crippen LogP contribution in [-0.2, 0) is 6.54 Å². The average molecular weight is 356 g/mol. The molecule has 0 spiro atoms. The zero-order valence-corrected chi connectivity index (χ0v) is 13.9. The Balaban J connectivity index is 1.75. The molecule has 1 N–H and O–H groups in total. The van der Waals surface area contributed by atoms with Gasteiger partial charge < -0.3 is 14.5 Å². The maximum absolute atomic E-state index is 12.3. The first-order valence-corrected chi connectivity index (χ1v) is 7.85. The van der Waals surface area contributed by atoms with E-state index in [1.54, 1.807) is 42.2 Å². The molecule has 0 bridgehead atoms. The lowest BCUT2D eigenvalue weighted by Crippen LogP contribution is -2.12. The predicted molar refractivity (Wildman–Crippen MR) is 92.3 cm³/mol. The van der Waals surface area contributed by atoms with Crippen LogP contribution in [0.1, 0.15) is 23.2 Å². The van der Waals surface area contributed by atoms with Crippen LogP contribution >= 0.6 is 0 Å². The summed E-state index contributed by atoms with van der Waals surface area (Å²) in [7, 11) is 0. The number of rotatable bonds is 7. The highest BCUT2D eigenvalue weighted by Crippen LogP contribution is 2.29. The van der Waals surface area contributed by atoms with Gasteiger partial charge in [0, 0.05) is 12.4 Å². The van der Waals surface area contributed by atoms with E-state index in [-0.39, 0.29) is 17.1 Å². The minimum absolute atomic E-state index is 0.0512. The van der Waals surface area contributed by atoms with Crippen LogP contribution in [-0.4, -0.2) is 27.2 Å². The molecular weight excluding hydrogens is 340 g/mol. The number of nitrogens with zero attached hydrogens (tertiary/aromatic N) is 3. The van der Waals surface area contributed by atoms with Gasteiger partial charge in [-0.2, -0.15) is 5.10 Å². The predicted octanol–water partition coefficient (Wildman–Crippen LogP) is 3.08. The van der Waals surface area contributed by atoms with Crippen molar-refractivity contribution in [1.82, 2.24) is 9.78 Å². The van der Waals surface area contributed by atoms with Crippen molar-refractivity contribution in [1.29, 1.82) is 0 Å². The van der Waals surface area contributed by atoms with Gasteiger partial charge in [-0.25, -0.2) is 0 Å². The van der Waals surface area contributed by atoms with E-state index in [9.17, 15) is 14.9 Å². The van der Waals surface area contributed by atoms with Crippen LogP contribution in [0.5, 0.6) is 5.75 Å². The van der Waals surface area contributed by atoms with Gasteiger partial charge in [-0.15, -0.1) is 0 Å². The van der Waals surface area contributed by atoms with Crippen LogP contribution < -0.4 is 10.1 Å². The SMILES string of the molecule is CCOc1ccc(NC(=O)c2ccc(Cn3cccn3)o2)c([N+](=O)[O-])c1. The number of anilines is 1. The standard InChI is InChI=1S/C17H16N4O5/c1-2-25-12-4-6-14(15(10-12)21(23)24)19-17(22)16-7-5-13(26-16)11-20-9-3-8-18-20/h3-10H,2,11H2,1H3,(H,19,22). The summed E-state index contributed by atoms with van der Waals surface area (Å²) in [6.07, 6.45) is 3.41. The molecule has 9 heteroatoms. The lowest BCUT2D eigenvalue weighted by Gasteiger charge is -2.07.